The third kappa shape index (κ3) is 3.00. The lowest BCUT2D eigenvalue weighted by Gasteiger charge is -2.33. The van der Waals surface area contributed by atoms with Crippen LogP contribution in [0.5, 0.6) is 0 Å². The molecule has 0 saturated heterocycles. The maximum Gasteiger partial charge on any atom is 0.307 e. The van der Waals surface area contributed by atoms with Crippen molar-refractivity contribution in [2.45, 2.75) is 50.5 Å². The number of carboxylic acid groups (broad SMARTS) is 1. The van der Waals surface area contributed by atoms with Crippen molar-refractivity contribution < 1.29 is 14.7 Å². The van der Waals surface area contributed by atoms with Crippen molar-refractivity contribution >= 4 is 17.4 Å². The Morgan fingerprint density at radius 2 is 1.90 bits per heavy atom. The molecule has 2 atom stereocenters. The first-order valence-corrected chi connectivity index (χ1v) is 10.7. The standard InChI is InChI=1S/C25H26N2O3/c1-26(25(30)20-11-9-16-6-2-3-7-18(16)20)17-10-12-19-21(15-24(28)29)22-8-4-5-13-27(22)23(19)14-17/h2-8,13,17,20H,9-12,14-15H2,1H3,(H,28,29)/t17-,20?/m1/s1. The molecule has 2 heterocycles. The maximum absolute atomic E-state index is 13.4. The molecular weight excluding hydrogens is 376 g/mol. The van der Waals surface area contributed by atoms with Gasteiger partial charge in [-0.05, 0) is 60.1 Å². The van der Waals surface area contributed by atoms with Crippen molar-refractivity contribution in [1.29, 1.82) is 0 Å². The number of carboxylic acids is 1. The highest BCUT2D eigenvalue weighted by molar-refractivity contribution is 5.85. The molecule has 0 bridgehead atoms. The Balaban J connectivity index is 1.43. The summed E-state index contributed by atoms with van der Waals surface area (Å²) >= 11 is 0. The van der Waals surface area contributed by atoms with Crippen LogP contribution < -0.4 is 0 Å². The summed E-state index contributed by atoms with van der Waals surface area (Å²) in [5.74, 6) is -0.636. The van der Waals surface area contributed by atoms with Gasteiger partial charge in [-0.25, -0.2) is 0 Å². The number of carbonyl (C=O) groups excluding carboxylic acids is 1. The van der Waals surface area contributed by atoms with E-state index in [0.717, 1.165) is 54.4 Å². The van der Waals surface area contributed by atoms with Gasteiger partial charge < -0.3 is 14.4 Å². The van der Waals surface area contributed by atoms with Crippen LogP contribution in [0.3, 0.4) is 0 Å². The van der Waals surface area contributed by atoms with Gasteiger partial charge in [0, 0.05) is 36.9 Å². The quantitative estimate of drug-likeness (QED) is 0.725. The van der Waals surface area contributed by atoms with Crippen molar-refractivity contribution in [1.82, 2.24) is 9.30 Å². The zero-order chi connectivity index (χ0) is 20.8. The highest BCUT2D eigenvalue weighted by Crippen LogP contribution is 2.37. The molecule has 5 heteroatoms. The molecule has 2 aliphatic carbocycles. The van der Waals surface area contributed by atoms with Crippen molar-refractivity contribution in [3.63, 3.8) is 0 Å². The first kappa shape index (κ1) is 18.9. The van der Waals surface area contributed by atoms with Crippen molar-refractivity contribution in [2.24, 2.45) is 0 Å². The second-order valence-corrected chi connectivity index (χ2v) is 8.57. The van der Waals surface area contributed by atoms with E-state index >= 15 is 0 Å². The molecule has 0 radical (unpaired) electrons. The van der Waals surface area contributed by atoms with Crippen LogP contribution in [0.1, 0.15) is 46.7 Å². The number of aryl methyl sites for hydroxylation is 1. The number of pyridine rings is 1. The zero-order valence-electron chi connectivity index (χ0n) is 17.2. The van der Waals surface area contributed by atoms with Crippen LogP contribution in [0, 0.1) is 0 Å². The molecule has 2 aromatic heterocycles. The van der Waals surface area contributed by atoms with Crippen LogP contribution in [0.15, 0.2) is 48.7 Å². The molecule has 0 spiro atoms. The summed E-state index contributed by atoms with van der Waals surface area (Å²) in [6.45, 7) is 0. The molecule has 30 heavy (non-hydrogen) atoms. The second kappa shape index (κ2) is 7.31. The first-order chi connectivity index (χ1) is 14.5. The molecule has 1 unspecified atom stereocenters. The highest BCUT2D eigenvalue weighted by Gasteiger charge is 2.35. The van der Waals surface area contributed by atoms with Crippen LogP contribution in [-0.2, 0) is 35.3 Å². The number of rotatable bonds is 4. The summed E-state index contributed by atoms with van der Waals surface area (Å²) in [7, 11) is 1.94. The van der Waals surface area contributed by atoms with E-state index in [2.05, 4.69) is 16.5 Å². The van der Waals surface area contributed by atoms with Gasteiger partial charge in [-0.3, -0.25) is 9.59 Å². The molecule has 1 amide bonds. The molecule has 1 aromatic carbocycles. The van der Waals surface area contributed by atoms with Gasteiger partial charge in [-0.2, -0.15) is 0 Å². The molecule has 0 saturated carbocycles. The van der Waals surface area contributed by atoms with Crippen molar-refractivity contribution in [3.05, 3.63) is 76.6 Å². The summed E-state index contributed by atoms with van der Waals surface area (Å²) in [4.78, 5) is 26.8. The normalized spacial score (nSPS) is 20.0. The van der Waals surface area contributed by atoms with Gasteiger partial charge in [0.05, 0.1) is 12.3 Å². The third-order valence-corrected chi connectivity index (χ3v) is 6.98. The molecule has 1 N–H and O–H groups in total. The number of amides is 1. The number of benzene rings is 1. The number of hydrogen-bond acceptors (Lipinski definition) is 2. The fourth-order valence-corrected chi connectivity index (χ4v) is 5.47. The highest BCUT2D eigenvalue weighted by atomic mass is 16.4. The topological polar surface area (TPSA) is 62.0 Å². The lowest BCUT2D eigenvalue weighted by Crippen LogP contribution is -2.42. The molecule has 0 fully saturated rings. The molecule has 5 nitrogen and oxygen atoms in total. The molecule has 2 aliphatic rings. The lowest BCUT2D eigenvalue weighted by molar-refractivity contribution is -0.136. The lowest BCUT2D eigenvalue weighted by atomic mass is 9.88. The Kier molecular flexibility index (Phi) is 4.61. The Morgan fingerprint density at radius 1 is 1.10 bits per heavy atom. The van der Waals surface area contributed by atoms with Gasteiger partial charge in [0.15, 0.2) is 0 Å². The molecule has 5 rings (SSSR count). The van der Waals surface area contributed by atoms with Crippen molar-refractivity contribution in [3.8, 4) is 0 Å². The zero-order valence-corrected chi connectivity index (χ0v) is 17.2. The minimum Gasteiger partial charge on any atom is -0.481 e. The minimum atomic E-state index is -0.802. The van der Waals surface area contributed by atoms with E-state index in [9.17, 15) is 14.7 Å². The van der Waals surface area contributed by atoms with Gasteiger partial charge in [0.2, 0.25) is 5.91 Å². The van der Waals surface area contributed by atoms with Crippen molar-refractivity contribution in [2.75, 3.05) is 7.05 Å². The van der Waals surface area contributed by atoms with Gasteiger partial charge >= 0.3 is 5.97 Å². The predicted octanol–water partition coefficient (Wildman–Crippen LogP) is 3.61. The van der Waals surface area contributed by atoms with E-state index in [-0.39, 0.29) is 24.3 Å². The number of aromatic nitrogens is 1. The number of nitrogens with zero attached hydrogens (tertiary/aromatic N) is 2. The SMILES string of the molecule is CN(C(=O)C1CCc2ccccc21)[C@@H]1CCc2c(CC(=O)O)c3ccccn3c2C1. The van der Waals surface area contributed by atoms with E-state index in [4.69, 9.17) is 0 Å². The van der Waals surface area contributed by atoms with Crippen LogP contribution in [-0.4, -0.2) is 39.4 Å². The van der Waals surface area contributed by atoms with Crippen LogP contribution in [0.4, 0.5) is 0 Å². The summed E-state index contributed by atoms with van der Waals surface area (Å²) in [6, 6.07) is 14.4. The van der Waals surface area contributed by atoms with E-state index in [1.54, 1.807) is 0 Å². The van der Waals surface area contributed by atoms with Gasteiger partial charge in [-0.15, -0.1) is 0 Å². The average Bonchev–Trinajstić information content (AvgIpc) is 3.32. The Labute approximate surface area is 175 Å². The first-order valence-electron chi connectivity index (χ1n) is 10.7. The Bertz CT molecular complexity index is 1150. The fraction of sp³-hybridized carbons (Fsp3) is 0.360. The number of fused-ring (bicyclic) bond motifs is 4. The van der Waals surface area contributed by atoms with E-state index < -0.39 is 5.97 Å². The van der Waals surface area contributed by atoms with E-state index in [1.807, 2.05) is 48.5 Å². The Morgan fingerprint density at radius 3 is 2.73 bits per heavy atom. The number of carbonyl (C=O) groups is 2. The number of likely N-dealkylation sites (N-methyl/N-ethyl adjacent to an activating group) is 1. The summed E-state index contributed by atoms with van der Waals surface area (Å²) < 4.78 is 2.13. The maximum atomic E-state index is 13.4. The summed E-state index contributed by atoms with van der Waals surface area (Å²) in [5.41, 5.74) is 6.70. The van der Waals surface area contributed by atoms with E-state index in [1.165, 1.54) is 11.1 Å². The van der Waals surface area contributed by atoms with Gasteiger partial charge in [-0.1, -0.05) is 30.3 Å². The molecule has 154 valence electrons. The molecule has 0 aliphatic heterocycles. The van der Waals surface area contributed by atoms with E-state index in [0.29, 0.717) is 0 Å². The molecule has 3 aromatic rings. The number of hydrogen-bond donors (Lipinski definition) is 1. The minimum absolute atomic E-state index is 0.0424. The Hall–Kier alpha value is -3.08. The summed E-state index contributed by atoms with van der Waals surface area (Å²) in [6.07, 6.45) is 6.35. The van der Waals surface area contributed by atoms with Crippen LogP contribution in [0.25, 0.3) is 5.52 Å². The largest absolute Gasteiger partial charge is 0.481 e. The fourth-order valence-electron chi connectivity index (χ4n) is 5.47. The smallest absolute Gasteiger partial charge is 0.307 e. The summed E-state index contributed by atoms with van der Waals surface area (Å²) in [5, 5.41) is 9.40. The third-order valence-electron chi connectivity index (χ3n) is 6.98. The van der Waals surface area contributed by atoms with Crippen LogP contribution >= 0.6 is 0 Å². The molecular formula is C25H26N2O3. The van der Waals surface area contributed by atoms with Gasteiger partial charge in [0.1, 0.15) is 0 Å². The van der Waals surface area contributed by atoms with Gasteiger partial charge in [0.25, 0.3) is 0 Å². The second-order valence-electron chi connectivity index (χ2n) is 8.57. The average molecular weight is 402 g/mol. The monoisotopic (exact) mass is 402 g/mol. The predicted molar refractivity (Wildman–Crippen MR) is 115 cm³/mol. The van der Waals surface area contributed by atoms with Crippen LogP contribution in [0.2, 0.25) is 0 Å². The number of aliphatic carboxylic acids is 1.